The maximum atomic E-state index is 14.1. The zero-order valence-corrected chi connectivity index (χ0v) is 16.6. The van der Waals surface area contributed by atoms with Crippen LogP contribution < -0.4 is 14.4 Å². The van der Waals surface area contributed by atoms with Crippen LogP contribution in [-0.4, -0.2) is 34.2 Å². The fourth-order valence-electron chi connectivity index (χ4n) is 3.47. The number of halogens is 1. The predicted octanol–water partition coefficient (Wildman–Crippen LogP) is 2.79. The predicted molar refractivity (Wildman–Crippen MR) is 105 cm³/mol. The van der Waals surface area contributed by atoms with Crippen molar-refractivity contribution >= 4 is 21.6 Å². The third kappa shape index (κ3) is 4.44. The van der Waals surface area contributed by atoms with E-state index in [0.29, 0.717) is 0 Å². The van der Waals surface area contributed by atoms with Gasteiger partial charge in [0, 0.05) is 0 Å². The van der Waals surface area contributed by atoms with Gasteiger partial charge in [-0.05, 0) is 54.7 Å². The molecule has 28 heavy (non-hydrogen) atoms. The van der Waals surface area contributed by atoms with Crippen LogP contribution >= 0.6 is 0 Å². The van der Waals surface area contributed by atoms with Crippen LogP contribution in [0.4, 0.5) is 10.1 Å². The molecule has 0 heterocycles. The minimum Gasteiger partial charge on any atom is -0.497 e. The lowest BCUT2D eigenvalue weighted by Crippen LogP contribution is -2.42. The van der Waals surface area contributed by atoms with E-state index in [1.807, 2.05) is 18.2 Å². The second-order valence-electron chi connectivity index (χ2n) is 6.80. The Kier molecular flexibility index (Phi) is 5.88. The van der Waals surface area contributed by atoms with Gasteiger partial charge in [0.05, 0.1) is 25.1 Å². The lowest BCUT2D eigenvalue weighted by molar-refractivity contribution is -0.120. The number of carbonyl (C=O) groups excluding carboxylic acids is 1. The average molecular weight is 406 g/mol. The van der Waals surface area contributed by atoms with Gasteiger partial charge in [-0.15, -0.1) is 0 Å². The highest BCUT2D eigenvalue weighted by atomic mass is 32.2. The topological polar surface area (TPSA) is 75.7 Å². The maximum Gasteiger partial charge on any atom is 0.241 e. The highest BCUT2D eigenvalue weighted by Gasteiger charge is 2.27. The lowest BCUT2D eigenvalue weighted by atomic mass is 9.87. The number of para-hydroxylation sites is 1. The quantitative estimate of drug-likeness (QED) is 0.800. The summed E-state index contributed by atoms with van der Waals surface area (Å²) in [5.74, 6) is -0.424. The van der Waals surface area contributed by atoms with Crippen molar-refractivity contribution in [1.82, 2.24) is 5.32 Å². The molecule has 0 bridgehead atoms. The summed E-state index contributed by atoms with van der Waals surface area (Å²) in [6, 6.07) is 11.0. The van der Waals surface area contributed by atoms with E-state index in [1.165, 1.54) is 18.2 Å². The number of aryl methyl sites for hydroxylation is 1. The Balaban J connectivity index is 1.79. The number of nitrogens with zero attached hydrogens (tertiary/aromatic N) is 1. The van der Waals surface area contributed by atoms with Gasteiger partial charge in [-0.25, -0.2) is 12.8 Å². The molecule has 1 amide bonds. The molecule has 8 heteroatoms. The second kappa shape index (κ2) is 8.18. The summed E-state index contributed by atoms with van der Waals surface area (Å²) in [5.41, 5.74) is 1.95. The minimum atomic E-state index is -3.83. The van der Waals surface area contributed by atoms with Crippen LogP contribution in [0, 0.1) is 5.82 Å². The SMILES string of the molecule is COc1ccc2c(c1)CCCC2NC(=O)CN(c1ccccc1F)S(C)(=O)=O. The van der Waals surface area contributed by atoms with E-state index in [0.717, 1.165) is 52.8 Å². The van der Waals surface area contributed by atoms with Crippen LogP contribution in [0.2, 0.25) is 0 Å². The number of amides is 1. The number of anilines is 1. The zero-order valence-electron chi connectivity index (χ0n) is 15.8. The fraction of sp³-hybridized carbons (Fsp3) is 0.350. The summed E-state index contributed by atoms with van der Waals surface area (Å²) >= 11 is 0. The van der Waals surface area contributed by atoms with E-state index in [-0.39, 0.29) is 11.7 Å². The molecule has 0 fully saturated rings. The molecule has 0 saturated carbocycles. The molecule has 0 spiro atoms. The Labute approximate surface area is 164 Å². The van der Waals surface area contributed by atoms with Crippen molar-refractivity contribution in [3.8, 4) is 5.75 Å². The Morgan fingerprint density at radius 2 is 2.04 bits per heavy atom. The van der Waals surface area contributed by atoms with Gasteiger partial charge in [-0.3, -0.25) is 9.10 Å². The largest absolute Gasteiger partial charge is 0.497 e. The third-order valence-electron chi connectivity index (χ3n) is 4.81. The average Bonchev–Trinajstić information content (AvgIpc) is 2.66. The number of fused-ring (bicyclic) bond motifs is 1. The monoisotopic (exact) mass is 406 g/mol. The number of hydrogen-bond acceptors (Lipinski definition) is 4. The van der Waals surface area contributed by atoms with Crippen LogP contribution in [0.15, 0.2) is 42.5 Å². The summed E-state index contributed by atoms with van der Waals surface area (Å²) in [5, 5.41) is 2.90. The van der Waals surface area contributed by atoms with Crippen molar-refractivity contribution in [3.05, 3.63) is 59.4 Å². The van der Waals surface area contributed by atoms with Gasteiger partial charge in [-0.2, -0.15) is 0 Å². The molecule has 1 atom stereocenters. The molecule has 0 saturated heterocycles. The van der Waals surface area contributed by atoms with E-state index >= 15 is 0 Å². The first-order valence-corrected chi connectivity index (χ1v) is 10.8. The number of rotatable bonds is 6. The standard InChI is InChI=1S/C20H23FN2O4S/c1-27-15-10-11-16-14(12-15)6-5-8-18(16)22-20(24)13-23(28(2,25)26)19-9-4-3-7-17(19)21/h3-4,7,9-12,18H,5-6,8,13H2,1-2H3,(H,22,24). The van der Waals surface area contributed by atoms with Crippen LogP contribution in [-0.2, 0) is 21.2 Å². The maximum absolute atomic E-state index is 14.1. The number of methoxy groups -OCH3 is 1. The highest BCUT2D eigenvalue weighted by molar-refractivity contribution is 7.92. The van der Waals surface area contributed by atoms with Crippen molar-refractivity contribution in [2.45, 2.75) is 25.3 Å². The van der Waals surface area contributed by atoms with Crippen molar-refractivity contribution in [2.75, 3.05) is 24.2 Å². The molecule has 0 aliphatic heterocycles. The van der Waals surface area contributed by atoms with Gasteiger partial charge in [-0.1, -0.05) is 18.2 Å². The third-order valence-corrected chi connectivity index (χ3v) is 5.93. The molecule has 3 rings (SSSR count). The second-order valence-corrected chi connectivity index (χ2v) is 8.70. The van der Waals surface area contributed by atoms with Crippen molar-refractivity contribution in [2.24, 2.45) is 0 Å². The van der Waals surface area contributed by atoms with Crippen LogP contribution in [0.5, 0.6) is 5.75 Å². The van der Waals surface area contributed by atoms with Crippen molar-refractivity contribution < 1.29 is 22.3 Å². The molecule has 0 aromatic heterocycles. The lowest BCUT2D eigenvalue weighted by Gasteiger charge is -2.28. The van der Waals surface area contributed by atoms with Crippen molar-refractivity contribution in [1.29, 1.82) is 0 Å². The number of carbonyl (C=O) groups is 1. The summed E-state index contributed by atoms with van der Waals surface area (Å²) in [4.78, 5) is 12.6. The van der Waals surface area contributed by atoms with E-state index in [9.17, 15) is 17.6 Å². The number of sulfonamides is 1. The minimum absolute atomic E-state index is 0.145. The number of hydrogen-bond donors (Lipinski definition) is 1. The van der Waals surface area contributed by atoms with Crippen LogP contribution in [0.25, 0.3) is 0 Å². The Bertz CT molecular complexity index is 978. The Morgan fingerprint density at radius 3 is 2.71 bits per heavy atom. The van der Waals surface area contributed by atoms with E-state index in [4.69, 9.17) is 4.74 Å². The molecule has 1 aliphatic rings. The molecular weight excluding hydrogens is 383 g/mol. The molecule has 6 nitrogen and oxygen atoms in total. The van der Waals surface area contributed by atoms with Gasteiger partial charge < -0.3 is 10.1 Å². The van der Waals surface area contributed by atoms with Gasteiger partial charge in [0.2, 0.25) is 15.9 Å². The summed E-state index contributed by atoms with van der Waals surface area (Å²) in [7, 11) is -2.23. The summed E-state index contributed by atoms with van der Waals surface area (Å²) in [6.45, 7) is -0.484. The van der Waals surface area contributed by atoms with E-state index in [1.54, 1.807) is 7.11 Å². The number of benzene rings is 2. The normalized spacial score (nSPS) is 16.2. The van der Waals surface area contributed by atoms with E-state index in [2.05, 4.69) is 5.32 Å². The molecule has 150 valence electrons. The van der Waals surface area contributed by atoms with Crippen molar-refractivity contribution in [3.63, 3.8) is 0 Å². The molecular formula is C20H23FN2O4S. The molecule has 2 aromatic carbocycles. The molecule has 0 radical (unpaired) electrons. The Hall–Kier alpha value is -2.61. The summed E-state index contributed by atoms with van der Waals surface area (Å²) < 4.78 is 44.4. The van der Waals surface area contributed by atoms with Crippen LogP contribution in [0.1, 0.15) is 30.0 Å². The van der Waals surface area contributed by atoms with Gasteiger partial charge in [0.25, 0.3) is 0 Å². The fourth-order valence-corrected chi connectivity index (χ4v) is 4.33. The number of ether oxygens (including phenoxy) is 1. The first kappa shape index (κ1) is 20.1. The molecule has 1 aliphatic carbocycles. The molecule has 1 unspecified atom stereocenters. The highest BCUT2D eigenvalue weighted by Crippen LogP contribution is 2.32. The number of nitrogens with one attached hydrogen (secondary N) is 1. The van der Waals surface area contributed by atoms with Gasteiger partial charge >= 0.3 is 0 Å². The van der Waals surface area contributed by atoms with Crippen LogP contribution in [0.3, 0.4) is 0 Å². The smallest absolute Gasteiger partial charge is 0.241 e. The first-order valence-electron chi connectivity index (χ1n) is 8.98. The first-order chi connectivity index (χ1) is 13.3. The molecule has 2 aromatic rings. The van der Waals surface area contributed by atoms with E-state index < -0.39 is 28.3 Å². The Morgan fingerprint density at radius 1 is 1.29 bits per heavy atom. The zero-order chi connectivity index (χ0) is 20.3. The van der Waals surface area contributed by atoms with Gasteiger partial charge in [0.15, 0.2) is 0 Å². The molecule has 1 N–H and O–H groups in total. The van der Waals surface area contributed by atoms with Gasteiger partial charge in [0.1, 0.15) is 18.1 Å². The summed E-state index contributed by atoms with van der Waals surface area (Å²) in [6.07, 6.45) is 3.50.